The van der Waals surface area contributed by atoms with Crippen LogP contribution in [0.15, 0.2) is 29.4 Å². The van der Waals surface area contributed by atoms with Gasteiger partial charge in [-0.15, -0.1) is 0 Å². The van der Waals surface area contributed by atoms with Gasteiger partial charge in [0.25, 0.3) is 0 Å². The number of nitrogens with two attached hydrogens (primary N) is 1. The quantitative estimate of drug-likeness (QED) is 0.761. The van der Waals surface area contributed by atoms with Crippen molar-refractivity contribution in [3.05, 3.63) is 35.9 Å². The minimum Gasteiger partial charge on any atom is -0.495 e. The highest BCUT2D eigenvalue weighted by Crippen LogP contribution is 2.24. The first kappa shape index (κ1) is 15.4. The van der Waals surface area contributed by atoms with Crippen molar-refractivity contribution in [3.63, 3.8) is 0 Å². The fourth-order valence-corrected chi connectivity index (χ4v) is 2.89. The number of aromatic nitrogens is 3. The van der Waals surface area contributed by atoms with Crippen LogP contribution in [0.5, 0.6) is 5.75 Å². The third kappa shape index (κ3) is 3.57. The van der Waals surface area contributed by atoms with Gasteiger partial charge in [0.15, 0.2) is 5.82 Å². The molecule has 0 aliphatic rings. The van der Waals surface area contributed by atoms with E-state index < -0.39 is 10.0 Å². The lowest BCUT2D eigenvalue weighted by atomic mass is 10.2. The van der Waals surface area contributed by atoms with Crippen LogP contribution in [0.4, 0.5) is 0 Å². The van der Waals surface area contributed by atoms with Crippen LogP contribution in [0, 0.1) is 0 Å². The van der Waals surface area contributed by atoms with Crippen molar-refractivity contribution in [2.45, 2.75) is 18.0 Å². The Labute approximate surface area is 123 Å². The Balaban J connectivity index is 2.22. The molecule has 0 bridgehead atoms. The number of hydrogen-bond acceptors (Lipinski definition) is 6. The number of rotatable bonds is 6. The molecule has 114 valence electrons. The number of aryl methyl sites for hydroxylation is 1. The molecule has 0 unspecified atom stereocenters. The van der Waals surface area contributed by atoms with Crippen LogP contribution in [0.2, 0.25) is 0 Å². The van der Waals surface area contributed by atoms with Gasteiger partial charge in [0.05, 0.1) is 13.7 Å². The molecule has 9 heteroatoms. The summed E-state index contributed by atoms with van der Waals surface area (Å²) in [6, 6.07) is 4.72. The Kier molecular flexibility index (Phi) is 4.56. The molecule has 21 heavy (non-hydrogen) atoms. The van der Waals surface area contributed by atoms with Crippen molar-refractivity contribution >= 4 is 10.0 Å². The summed E-state index contributed by atoms with van der Waals surface area (Å²) in [6.07, 6.45) is 1.50. The molecule has 1 aromatic heterocycles. The second-order valence-corrected chi connectivity index (χ2v) is 6.08. The molecule has 2 aromatic rings. The summed E-state index contributed by atoms with van der Waals surface area (Å²) in [7, 11) is -0.602. The van der Waals surface area contributed by atoms with E-state index in [-0.39, 0.29) is 17.2 Å². The third-order valence-electron chi connectivity index (χ3n) is 2.82. The molecular formula is C12H17N5O3S. The summed E-state index contributed by atoms with van der Waals surface area (Å²) in [5, 5.41) is 4.01. The van der Waals surface area contributed by atoms with Crippen molar-refractivity contribution in [2.75, 3.05) is 7.11 Å². The van der Waals surface area contributed by atoms with Crippen molar-refractivity contribution in [1.82, 2.24) is 19.5 Å². The Morgan fingerprint density at radius 2 is 2.19 bits per heavy atom. The lowest BCUT2D eigenvalue weighted by Crippen LogP contribution is -2.24. The van der Waals surface area contributed by atoms with Crippen LogP contribution in [-0.2, 0) is 30.2 Å². The SMILES string of the molecule is COc1cc(CN)ccc1S(=O)(=O)NCc1ncn(C)n1. The normalized spacial score (nSPS) is 11.6. The van der Waals surface area contributed by atoms with E-state index in [4.69, 9.17) is 10.5 Å². The predicted octanol–water partition coefficient (Wildman–Crippen LogP) is -0.239. The van der Waals surface area contributed by atoms with E-state index in [1.165, 1.54) is 24.2 Å². The number of ether oxygens (including phenoxy) is 1. The van der Waals surface area contributed by atoms with Gasteiger partial charge in [0.2, 0.25) is 10.0 Å². The van der Waals surface area contributed by atoms with Gasteiger partial charge >= 0.3 is 0 Å². The summed E-state index contributed by atoms with van der Waals surface area (Å²) < 4.78 is 33.7. The minimum atomic E-state index is -3.72. The van der Waals surface area contributed by atoms with E-state index in [1.807, 2.05) is 0 Å². The van der Waals surface area contributed by atoms with Crippen molar-refractivity contribution in [3.8, 4) is 5.75 Å². The fraction of sp³-hybridized carbons (Fsp3) is 0.333. The van der Waals surface area contributed by atoms with Crippen LogP contribution in [0.1, 0.15) is 11.4 Å². The van der Waals surface area contributed by atoms with Gasteiger partial charge in [0, 0.05) is 13.6 Å². The van der Waals surface area contributed by atoms with E-state index in [0.717, 1.165) is 5.56 Å². The maximum absolute atomic E-state index is 12.3. The highest BCUT2D eigenvalue weighted by Gasteiger charge is 2.20. The highest BCUT2D eigenvalue weighted by atomic mass is 32.2. The highest BCUT2D eigenvalue weighted by molar-refractivity contribution is 7.89. The standard InChI is InChI=1S/C12H17N5O3S/c1-17-8-14-12(16-17)7-15-21(18,19)11-4-3-9(6-13)5-10(11)20-2/h3-5,8,15H,6-7,13H2,1-2H3. The molecule has 0 saturated carbocycles. The molecule has 1 aromatic carbocycles. The average molecular weight is 311 g/mol. The van der Waals surface area contributed by atoms with Crippen LogP contribution >= 0.6 is 0 Å². The molecule has 0 aliphatic carbocycles. The summed E-state index contributed by atoms with van der Waals surface area (Å²) >= 11 is 0. The molecule has 3 N–H and O–H groups in total. The first-order chi connectivity index (χ1) is 9.96. The number of nitrogens with zero attached hydrogens (tertiary/aromatic N) is 3. The molecular weight excluding hydrogens is 294 g/mol. The fourth-order valence-electron chi connectivity index (χ4n) is 1.76. The largest absolute Gasteiger partial charge is 0.495 e. The zero-order valence-corrected chi connectivity index (χ0v) is 12.6. The topological polar surface area (TPSA) is 112 Å². The third-order valence-corrected chi connectivity index (χ3v) is 4.26. The molecule has 2 rings (SSSR count). The molecule has 0 atom stereocenters. The first-order valence-electron chi connectivity index (χ1n) is 6.17. The van der Waals surface area contributed by atoms with Gasteiger partial charge in [0.1, 0.15) is 17.0 Å². The number of nitrogens with one attached hydrogen (secondary N) is 1. The monoisotopic (exact) mass is 311 g/mol. The summed E-state index contributed by atoms with van der Waals surface area (Å²) in [4.78, 5) is 4.01. The van der Waals surface area contributed by atoms with Crippen LogP contribution in [0.25, 0.3) is 0 Å². The Morgan fingerprint density at radius 3 is 2.76 bits per heavy atom. The van der Waals surface area contributed by atoms with Gasteiger partial charge < -0.3 is 10.5 Å². The molecule has 0 aliphatic heterocycles. The second kappa shape index (κ2) is 6.20. The number of hydrogen-bond donors (Lipinski definition) is 2. The summed E-state index contributed by atoms with van der Waals surface area (Å²) in [6.45, 7) is 0.312. The first-order valence-corrected chi connectivity index (χ1v) is 7.65. The molecule has 8 nitrogen and oxygen atoms in total. The molecule has 0 amide bonds. The lowest BCUT2D eigenvalue weighted by molar-refractivity contribution is 0.401. The summed E-state index contributed by atoms with van der Waals surface area (Å²) in [5.74, 6) is 0.637. The zero-order valence-electron chi connectivity index (χ0n) is 11.8. The molecule has 0 radical (unpaired) electrons. The van der Waals surface area contributed by atoms with E-state index in [1.54, 1.807) is 19.2 Å². The van der Waals surface area contributed by atoms with Crippen LogP contribution < -0.4 is 15.2 Å². The number of sulfonamides is 1. The van der Waals surface area contributed by atoms with Crippen LogP contribution in [-0.4, -0.2) is 30.3 Å². The predicted molar refractivity (Wildman–Crippen MR) is 75.9 cm³/mol. The maximum Gasteiger partial charge on any atom is 0.244 e. The maximum atomic E-state index is 12.3. The molecule has 1 heterocycles. The van der Waals surface area contributed by atoms with Gasteiger partial charge in [-0.2, -0.15) is 5.10 Å². The van der Waals surface area contributed by atoms with E-state index in [2.05, 4.69) is 14.8 Å². The van der Waals surface area contributed by atoms with Gasteiger partial charge in [-0.25, -0.2) is 18.1 Å². The lowest BCUT2D eigenvalue weighted by Gasteiger charge is -2.11. The number of methoxy groups -OCH3 is 1. The second-order valence-electron chi connectivity index (χ2n) is 4.35. The summed E-state index contributed by atoms with van der Waals surface area (Å²) in [5.41, 5.74) is 6.32. The van der Waals surface area contributed by atoms with Crippen molar-refractivity contribution in [1.29, 1.82) is 0 Å². The van der Waals surface area contributed by atoms with E-state index >= 15 is 0 Å². The average Bonchev–Trinajstić information content (AvgIpc) is 2.90. The van der Waals surface area contributed by atoms with Crippen molar-refractivity contribution in [2.24, 2.45) is 12.8 Å². The molecule has 0 saturated heterocycles. The van der Waals surface area contributed by atoms with E-state index in [0.29, 0.717) is 12.4 Å². The van der Waals surface area contributed by atoms with E-state index in [9.17, 15) is 8.42 Å². The van der Waals surface area contributed by atoms with Gasteiger partial charge in [-0.3, -0.25) is 4.68 Å². The van der Waals surface area contributed by atoms with Crippen LogP contribution in [0.3, 0.4) is 0 Å². The van der Waals surface area contributed by atoms with Gasteiger partial charge in [-0.1, -0.05) is 6.07 Å². The molecule has 0 spiro atoms. The smallest absolute Gasteiger partial charge is 0.244 e. The Bertz CT molecular complexity index is 726. The Morgan fingerprint density at radius 1 is 1.43 bits per heavy atom. The Hall–Kier alpha value is -1.97. The molecule has 0 fully saturated rings. The van der Waals surface area contributed by atoms with Crippen molar-refractivity contribution < 1.29 is 13.2 Å². The zero-order chi connectivity index (χ0) is 15.5. The van der Waals surface area contributed by atoms with Gasteiger partial charge in [-0.05, 0) is 17.7 Å². The number of benzene rings is 1. The minimum absolute atomic E-state index is 0.00493.